The van der Waals surface area contributed by atoms with Gasteiger partial charge in [0.15, 0.2) is 0 Å². The van der Waals surface area contributed by atoms with E-state index in [1.54, 1.807) is 0 Å². The van der Waals surface area contributed by atoms with Gasteiger partial charge < -0.3 is 5.73 Å². The molecule has 1 heterocycles. The van der Waals surface area contributed by atoms with E-state index in [4.69, 9.17) is 5.73 Å². The molecule has 5 rings (SSSR count). The zero-order chi connectivity index (χ0) is 13.8. The molecule has 110 valence electrons. The molecule has 2 unspecified atom stereocenters. The fourth-order valence-corrected chi connectivity index (χ4v) is 6.88. The van der Waals surface area contributed by atoms with Crippen molar-refractivity contribution < 1.29 is 0 Å². The van der Waals surface area contributed by atoms with Crippen LogP contribution in [-0.2, 0) is 11.8 Å². The minimum Gasteiger partial charge on any atom is -0.330 e. The van der Waals surface area contributed by atoms with Crippen molar-refractivity contribution in [2.45, 2.75) is 63.7 Å². The van der Waals surface area contributed by atoms with E-state index in [9.17, 15) is 0 Å². The van der Waals surface area contributed by atoms with E-state index < -0.39 is 0 Å². The van der Waals surface area contributed by atoms with Crippen molar-refractivity contribution in [2.75, 3.05) is 6.54 Å². The third-order valence-electron chi connectivity index (χ3n) is 5.87. The van der Waals surface area contributed by atoms with Crippen molar-refractivity contribution in [1.82, 2.24) is 10.2 Å². The topological polar surface area (TPSA) is 51.8 Å². The molecule has 1 aromatic heterocycles. The highest BCUT2D eigenvalue weighted by molar-refractivity contribution is 7.11. The van der Waals surface area contributed by atoms with Crippen molar-refractivity contribution >= 4 is 11.3 Å². The smallest absolute Gasteiger partial charge is 0.123 e. The normalized spacial score (nSPS) is 42.3. The maximum absolute atomic E-state index is 5.60. The Bertz CT molecular complexity index is 496. The van der Waals surface area contributed by atoms with Crippen molar-refractivity contribution in [2.24, 2.45) is 23.0 Å². The Balaban J connectivity index is 1.62. The van der Waals surface area contributed by atoms with Crippen LogP contribution in [0.1, 0.15) is 61.9 Å². The molecule has 0 aromatic carbocycles. The standard InChI is InChI=1S/C16H25N3S/c1-15-6-11-5-12(7-15)9-16(8-11,10-15)14-19-18-13(20-14)3-2-4-17/h11-12H,2-10,17H2,1H3. The summed E-state index contributed by atoms with van der Waals surface area (Å²) in [6, 6.07) is 0. The Hall–Kier alpha value is -0.480. The zero-order valence-corrected chi connectivity index (χ0v) is 13.2. The van der Waals surface area contributed by atoms with E-state index in [0.717, 1.165) is 31.2 Å². The number of rotatable bonds is 4. The molecule has 0 radical (unpaired) electrons. The van der Waals surface area contributed by atoms with Crippen LogP contribution < -0.4 is 5.73 Å². The van der Waals surface area contributed by atoms with E-state index in [-0.39, 0.29) is 0 Å². The fraction of sp³-hybridized carbons (Fsp3) is 0.875. The van der Waals surface area contributed by atoms with Crippen LogP contribution in [-0.4, -0.2) is 16.7 Å². The first-order chi connectivity index (χ1) is 9.61. The predicted octanol–water partition coefficient (Wildman–Crippen LogP) is 3.29. The number of nitrogens with zero attached hydrogens (tertiary/aromatic N) is 2. The lowest BCUT2D eigenvalue weighted by atomic mass is 9.45. The lowest BCUT2D eigenvalue weighted by molar-refractivity contribution is -0.0618. The van der Waals surface area contributed by atoms with Crippen LogP contribution in [0.3, 0.4) is 0 Å². The van der Waals surface area contributed by atoms with Crippen LogP contribution >= 0.6 is 11.3 Å². The molecule has 2 N–H and O–H groups in total. The molecule has 1 aromatic rings. The highest BCUT2D eigenvalue weighted by Gasteiger charge is 2.57. The van der Waals surface area contributed by atoms with E-state index in [1.165, 1.54) is 48.5 Å². The van der Waals surface area contributed by atoms with Gasteiger partial charge in [-0.2, -0.15) is 0 Å². The summed E-state index contributed by atoms with van der Waals surface area (Å²) < 4.78 is 0. The van der Waals surface area contributed by atoms with Gasteiger partial charge in [0.25, 0.3) is 0 Å². The number of aryl methyl sites for hydroxylation is 1. The monoisotopic (exact) mass is 291 g/mol. The Morgan fingerprint density at radius 2 is 1.95 bits per heavy atom. The van der Waals surface area contributed by atoms with Crippen LogP contribution in [0.25, 0.3) is 0 Å². The summed E-state index contributed by atoms with van der Waals surface area (Å²) in [6.07, 6.45) is 10.6. The molecule has 4 saturated carbocycles. The predicted molar refractivity (Wildman–Crippen MR) is 81.8 cm³/mol. The van der Waals surface area contributed by atoms with Gasteiger partial charge >= 0.3 is 0 Å². The molecular weight excluding hydrogens is 266 g/mol. The number of hydrogen-bond acceptors (Lipinski definition) is 4. The molecule has 3 nitrogen and oxygen atoms in total. The number of nitrogens with two attached hydrogens (primary N) is 1. The summed E-state index contributed by atoms with van der Waals surface area (Å²) in [4.78, 5) is 0. The van der Waals surface area contributed by atoms with Crippen molar-refractivity contribution in [3.05, 3.63) is 10.0 Å². The summed E-state index contributed by atoms with van der Waals surface area (Å²) >= 11 is 1.88. The van der Waals surface area contributed by atoms with Crippen LogP contribution in [0.15, 0.2) is 0 Å². The highest BCUT2D eigenvalue weighted by atomic mass is 32.1. The average Bonchev–Trinajstić information content (AvgIpc) is 2.82. The second-order valence-electron chi connectivity index (χ2n) is 7.95. The SMILES string of the molecule is CC12CC3CC(C1)CC(c1nnc(CCCN)s1)(C3)C2. The van der Waals surface area contributed by atoms with Gasteiger partial charge in [0.05, 0.1) is 0 Å². The van der Waals surface area contributed by atoms with Crippen LogP contribution in [0, 0.1) is 17.3 Å². The Kier molecular flexibility index (Phi) is 2.97. The molecule has 4 heteroatoms. The van der Waals surface area contributed by atoms with Crippen LogP contribution in [0.2, 0.25) is 0 Å². The Morgan fingerprint density at radius 3 is 2.60 bits per heavy atom. The van der Waals surface area contributed by atoms with Gasteiger partial charge in [-0.25, -0.2) is 0 Å². The van der Waals surface area contributed by atoms with Gasteiger partial charge in [-0.05, 0) is 68.7 Å². The molecule has 20 heavy (non-hydrogen) atoms. The van der Waals surface area contributed by atoms with Crippen molar-refractivity contribution in [3.63, 3.8) is 0 Å². The maximum Gasteiger partial charge on any atom is 0.123 e. The number of hydrogen-bond donors (Lipinski definition) is 1. The minimum atomic E-state index is 0.386. The lowest BCUT2D eigenvalue weighted by Crippen LogP contribution is -2.52. The second kappa shape index (κ2) is 4.51. The first kappa shape index (κ1) is 13.2. The molecular formula is C16H25N3S. The molecule has 4 fully saturated rings. The van der Waals surface area contributed by atoms with Gasteiger partial charge in [-0.1, -0.05) is 6.92 Å². The van der Waals surface area contributed by atoms with E-state index in [2.05, 4.69) is 17.1 Å². The molecule has 0 spiro atoms. The molecule has 0 amide bonds. The molecule has 4 aliphatic rings. The van der Waals surface area contributed by atoms with E-state index in [1.807, 2.05) is 11.3 Å². The van der Waals surface area contributed by atoms with Gasteiger partial charge in [-0.15, -0.1) is 21.5 Å². The molecule has 2 atom stereocenters. The Labute approximate surface area is 125 Å². The lowest BCUT2D eigenvalue weighted by Gasteiger charge is -2.60. The van der Waals surface area contributed by atoms with Crippen molar-refractivity contribution in [3.8, 4) is 0 Å². The summed E-state index contributed by atoms with van der Waals surface area (Å²) in [7, 11) is 0. The van der Waals surface area contributed by atoms with E-state index >= 15 is 0 Å². The highest BCUT2D eigenvalue weighted by Crippen LogP contribution is 2.65. The quantitative estimate of drug-likeness (QED) is 0.926. The number of aromatic nitrogens is 2. The van der Waals surface area contributed by atoms with Crippen LogP contribution in [0.5, 0.6) is 0 Å². The van der Waals surface area contributed by atoms with E-state index in [0.29, 0.717) is 10.8 Å². The molecule has 0 saturated heterocycles. The maximum atomic E-state index is 5.60. The summed E-state index contributed by atoms with van der Waals surface area (Å²) in [5, 5.41) is 11.6. The summed E-state index contributed by atoms with van der Waals surface area (Å²) in [5.41, 5.74) is 6.58. The van der Waals surface area contributed by atoms with Crippen molar-refractivity contribution in [1.29, 1.82) is 0 Å². The third kappa shape index (κ3) is 2.03. The average molecular weight is 291 g/mol. The molecule has 0 aliphatic heterocycles. The summed E-state index contributed by atoms with van der Waals surface area (Å²) in [6.45, 7) is 3.28. The molecule has 4 bridgehead atoms. The fourth-order valence-electron chi connectivity index (χ4n) is 5.79. The van der Waals surface area contributed by atoms with Gasteiger partial charge in [0.1, 0.15) is 10.0 Å². The minimum absolute atomic E-state index is 0.386. The van der Waals surface area contributed by atoms with Gasteiger partial charge in [0.2, 0.25) is 0 Å². The largest absolute Gasteiger partial charge is 0.330 e. The van der Waals surface area contributed by atoms with Gasteiger partial charge in [-0.3, -0.25) is 0 Å². The third-order valence-corrected chi connectivity index (χ3v) is 7.10. The Morgan fingerprint density at radius 1 is 1.20 bits per heavy atom. The van der Waals surface area contributed by atoms with Gasteiger partial charge in [0, 0.05) is 11.8 Å². The van der Waals surface area contributed by atoms with Crippen LogP contribution in [0.4, 0.5) is 0 Å². The zero-order valence-electron chi connectivity index (χ0n) is 12.4. The first-order valence-electron chi connectivity index (χ1n) is 8.14. The second-order valence-corrected chi connectivity index (χ2v) is 9.01. The molecule has 4 aliphatic carbocycles. The first-order valence-corrected chi connectivity index (χ1v) is 8.95. The summed E-state index contributed by atoms with van der Waals surface area (Å²) in [5.74, 6) is 1.91.